The summed E-state index contributed by atoms with van der Waals surface area (Å²) in [6, 6.07) is 3.28. The number of ether oxygens (including phenoxy) is 2. The molecule has 2 aromatic rings. The lowest BCUT2D eigenvalue weighted by Crippen LogP contribution is -2.67. The molecule has 2 aromatic heterocycles. The van der Waals surface area contributed by atoms with E-state index >= 15 is 0 Å². The van der Waals surface area contributed by atoms with Crippen LogP contribution in [0.1, 0.15) is 138 Å². The van der Waals surface area contributed by atoms with Crippen LogP contribution in [0.15, 0.2) is 36.0 Å². The Bertz CT molecular complexity index is 1910. The minimum absolute atomic E-state index is 0.0343. The number of amides is 1. The van der Waals surface area contributed by atoms with Crippen LogP contribution in [0.25, 0.3) is 11.5 Å². The van der Waals surface area contributed by atoms with E-state index in [0.717, 1.165) is 44.3 Å². The maximum atomic E-state index is 13.9. The molecule has 11 atom stereocenters. The Morgan fingerprint density at radius 1 is 1.04 bits per heavy atom. The van der Waals surface area contributed by atoms with Crippen LogP contribution in [-0.4, -0.2) is 62.1 Å². The Balaban J connectivity index is 1.41. The molecule has 0 aromatic carbocycles. The monoisotopic (exact) mass is 773 g/mol. The first-order valence-electron chi connectivity index (χ1n) is 21.1. The highest BCUT2D eigenvalue weighted by molar-refractivity contribution is 5.93. The number of nitrogens with two attached hydrogens (primary N) is 2. The third-order valence-corrected chi connectivity index (χ3v) is 17.4. The summed E-state index contributed by atoms with van der Waals surface area (Å²) in [7, 11) is 0. The zero-order chi connectivity index (χ0) is 41.0. The standard InChI is InChI=1S/C45H68N6O5/c1-26(2)27(3)41(8)15-16-42(9)30-12-13-33-40(7)19-29(51-37(49-25-50-51)31-18-28(36(46)52)14-17-48-31)20-45(33,24-55-22-40)34(30)32(21-43(42,10)35(41)38(53)54)56-23-44(11,47)39(4,5)6/h14,17-18,25-27,29-30,33,35H,12-13,15-16,19-24,47H2,1-11H3,(H2,46,52)(H,53,54)/t27-,29-,30+,33-,35-,40-,41-,42-,43+,44+,45-/m1/s1. The second-order valence-electron chi connectivity index (χ2n) is 21.5. The van der Waals surface area contributed by atoms with Crippen LogP contribution >= 0.6 is 0 Å². The maximum Gasteiger partial charge on any atom is 0.307 e. The van der Waals surface area contributed by atoms with Crippen molar-refractivity contribution in [3.8, 4) is 11.5 Å². The van der Waals surface area contributed by atoms with E-state index in [4.69, 9.17) is 31.0 Å². The summed E-state index contributed by atoms with van der Waals surface area (Å²) >= 11 is 0. The number of rotatable bonds is 9. The van der Waals surface area contributed by atoms with E-state index in [-0.39, 0.29) is 45.0 Å². The Labute approximate surface area is 334 Å². The first kappa shape index (κ1) is 40.9. The summed E-state index contributed by atoms with van der Waals surface area (Å²) in [5, 5.41) is 16.2. The number of hydrogen-bond acceptors (Lipinski definition) is 8. The molecule has 11 nitrogen and oxygen atoms in total. The normalized spacial score (nSPS) is 38.5. The van der Waals surface area contributed by atoms with E-state index in [1.54, 1.807) is 24.7 Å². The second kappa shape index (κ2) is 13.4. The fraction of sp³-hybridized carbons (Fsp3) is 0.756. The van der Waals surface area contributed by atoms with E-state index in [2.05, 4.69) is 81.1 Å². The van der Waals surface area contributed by atoms with Gasteiger partial charge in [0.05, 0.1) is 36.5 Å². The predicted octanol–water partition coefficient (Wildman–Crippen LogP) is 8.07. The number of carbonyl (C=O) groups excluding carboxylic acids is 1. The van der Waals surface area contributed by atoms with Gasteiger partial charge in [0.2, 0.25) is 5.91 Å². The fourth-order valence-corrected chi connectivity index (χ4v) is 13.0. The zero-order valence-electron chi connectivity index (χ0n) is 35.9. The van der Waals surface area contributed by atoms with Crippen LogP contribution < -0.4 is 11.5 Å². The van der Waals surface area contributed by atoms with Gasteiger partial charge in [0.15, 0.2) is 5.82 Å². The molecule has 5 aliphatic rings. The Kier molecular flexibility index (Phi) is 9.75. The molecule has 11 heteroatoms. The lowest BCUT2D eigenvalue weighted by molar-refractivity contribution is -0.219. The molecular formula is C45H68N6O5. The molecule has 4 aliphatic carbocycles. The Morgan fingerprint density at radius 2 is 1.75 bits per heavy atom. The lowest BCUT2D eigenvalue weighted by Gasteiger charge is -2.71. The SMILES string of the molecule is CC(C)[C@@H](C)[C@@]1(C)CC[C@]2(C)[C@H]3CC[C@@H]4[C@@]5(C)COC[C@@]4(C[C@H](n4ncnc4-c4cc(C(N)=O)ccn4)C5)C3=C(OC[C@](C)(N)C(C)(C)C)C[C@@]2(C)[C@@H]1C(=O)O. The average molecular weight is 773 g/mol. The van der Waals surface area contributed by atoms with Crippen molar-refractivity contribution in [1.82, 2.24) is 19.7 Å². The van der Waals surface area contributed by atoms with Gasteiger partial charge in [-0.2, -0.15) is 5.10 Å². The third-order valence-electron chi connectivity index (χ3n) is 17.4. The number of fused-ring (bicyclic) bond motifs is 3. The molecule has 0 radical (unpaired) electrons. The molecule has 4 fully saturated rings. The van der Waals surface area contributed by atoms with Crippen LogP contribution in [0.4, 0.5) is 0 Å². The van der Waals surface area contributed by atoms with Gasteiger partial charge in [-0.3, -0.25) is 14.6 Å². The van der Waals surface area contributed by atoms with Gasteiger partial charge in [0, 0.05) is 23.6 Å². The molecule has 56 heavy (non-hydrogen) atoms. The minimum Gasteiger partial charge on any atom is -0.496 e. The number of primary amides is 1. The summed E-state index contributed by atoms with van der Waals surface area (Å²) in [6.07, 6.45) is 9.19. The Hall–Kier alpha value is -3.31. The minimum atomic E-state index is -0.694. The summed E-state index contributed by atoms with van der Waals surface area (Å²) in [5.74, 6) is 0.818. The van der Waals surface area contributed by atoms with Crippen LogP contribution in [0.5, 0.6) is 0 Å². The number of carboxylic acids is 1. The van der Waals surface area contributed by atoms with Gasteiger partial charge in [0.1, 0.15) is 18.6 Å². The summed E-state index contributed by atoms with van der Waals surface area (Å²) in [6.45, 7) is 26.1. The predicted molar refractivity (Wildman–Crippen MR) is 216 cm³/mol. The summed E-state index contributed by atoms with van der Waals surface area (Å²) < 4.78 is 16.0. The van der Waals surface area contributed by atoms with Crippen LogP contribution in [0.3, 0.4) is 0 Å². The number of carbonyl (C=O) groups is 2. The van der Waals surface area contributed by atoms with Gasteiger partial charge in [0.25, 0.3) is 0 Å². The van der Waals surface area contributed by atoms with Gasteiger partial charge in [-0.15, -0.1) is 0 Å². The van der Waals surface area contributed by atoms with Gasteiger partial charge >= 0.3 is 5.97 Å². The smallest absolute Gasteiger partial charge is 0.307 e. The van der Waals surface area contributed by atoms with E-state index < -0.39 is 28.7 Å². The van der Waals surface area contributed by atoms with E-state index in [1.165, 1.54) is 5.57 Å². The molecule has 1 aliphatic heterocycles. The van der Waals surface area contributed by atoms with Crippen molar-refractivity contribution in [1.29, 1.82) is 0 Å². The number of pyridine rings is 1. The quantitative estimate of drug-likeness (QED) is 0.228. The average Bonchev–Trinajstić information content (AvgIpc) is 3.60. The molecule has 2 bridgehead atoms. The van der Waals surface area contributed by atoms with E-state index in [9.17, 15) is 14.7 Å². The number of allylic oxidation sites excluding steroid dienone is 1. The lowest BCUT2D eigenvalue weighted by atomic mass is 9.34. The van der Waals surface area contributed by atoms with Crippen molar-refractivity contribution in [3.05, 3.63) is 41.6 Å². The van der Waals surface area contributed by atoms with Gasteiger partial charge in [-0.05, 0) is 114 Å². The zero-order valence-corrected chi connectivity index (χ0v) is 35.9. The van der Waals surface area contributed by atoms with E-state index in [1.807, 2.05) is 4.68 Å². The third kappa shape index (κ3) is 5.90. The van der Waals surface area contributed by atoms with Crippen molar-refractivity contribution in [2.24, 2.45) is 73.5 Å². The number of nitrogens with zero attached hydrogens (tertiary/aromatic N) is 4. The molecule has 308 valence electrons. The highest BCUT2D eigenvalue weighted by atomic mass is 16.5. The molecule has 7 rings (SSSR count). The van der Waals surface area contributed by atoms with Crippen LogP contribution in [-0.2, 0) is 14.3 Å². The molecule has 1 saturated heterocycles. The fourth-order valence-electron chi connectivity index (χ4n) is 13.0. The molecule has 1 amide bonds. The van der Waals surface area contributed by atoms with Crippen LogP contribution in [0, 0.1) is 62.1 Å². The first-order chi connectivity index (χ1) is 26.0. The van der Waals surface area contributed by atoms with Crippen molar-refractivity contribution in [2.75, 3.05) is 19.8 Å². The largest absolute Gasteiger partial charge is 0.496 e. The van der Waals surface area contributed by atoms with Gasteiger partial charge < -0.3 is 26.0 Å². The molecule has 0 spiro atoms. The van der Waals surface area contributed by atoms with Crippen molar-refractivity contribution >= 4 is 11.9 Å². The van der Waals surface area contributed by atoms with Crippen molar-refractivity contribution < 1.29 is 24.2 Å². The number of hydrogen-bond donors (Lipinski definition) is 3. The molecule has 5 N–H and O–H groups in total. The van der Waals surface area contributed by atoms with E-state index in [0.29, 0.717) is 55.2 Å². The first-order valence-corrected chi connectivity index (χ1v) is 21.1. The summed E-state index contributed by atoms with van der Waals surface area (Å²) in [4.78, 5) is 35.4. The maximum absolute atomic E-state index is 13.9. The number of aromatic nitrogens is 4. The number of carboxylic acid groups (broad SMARTS) is 1. The van der Waals surface area contributed by atoms with Gasteiger partial charge in [-0.25, -0.2) is 9.67 Å². The molecule has 0 unspecified atom stereocenters. The topological polar surface area (TPSA) is 168 Å². The molecular weight excluding hydrogens is 705 g/mol. The summed E-state index contributed by atoms with van der Waals surface area (Å²) in [5.41, 5.74) is 12.4. The highest BCUT2D eigenvalue weighted by Crippen LogP contribution is 2.76. The van der Waals surface area contributed by atoms with Gasteiger partial charge in [-0.1, -0.05) is 69.2 Å². The number of aliphatic carboxylic acids is 1. The van der Waals surface area contributed by atoms with Crippen molar-refractivity contribution in [3.63, 3.8) is 0 Å². The Morgan fingerprint density at radius 3 is 2.39 bits per heavy atom. The van der Waals surface area contributed by atoms with Crippen molar-refractivity contribution in [2.45, 2.75) is 133 Å². The van der Waals surface area contributed by atoms with Crippen LogP contribution in [0.2, 0.25) is 0 Å². The molecule has 3 saturated carbocycles. The second-order valence-corrected chi connectivity index (χ2v) is 21.5. The highest BCUT2D eigenvalue weighted by Gasteiger charge is 2.72. The molecule has 3 heterocycles.